The lowest BCUT2D eigenvalue weighted by molar-refractivity contribution is -0.116. The van der Waals surface area contributed by atoms with Crippen LogP contribution in [0.5, 0.6) is 5.75 Å². The second kappa shape index (κ2) is 10.2. The first-order chi connectivity index (χ1) is 14.0. The number of aromatic nitrogens is 2. The third kappa shape index (κ3) is 6.73. The first-order valence-corrected chi connectivity index (χ1v) is 10.2. The number of nitrogens with one attached hydrogen (secondary N) is 2. The molecule has 8 heteroatoms. The van der Waals surface area contributed by atoms with E-state index in [9.17, 15) is 4.79 Å². The van der Waals surface area contributed by atoms with Gasteiger partial charge >= 0.3 is 0 Å². The van der Waals surface area contributed by atoms with Crippen molar-refractivity contribution in [3.05, 3.63) is 70.0 Å². The molecule has 0 saturated carbocycles. The van der Waals surface area contributed by atoms with Gasteiger partial charge in [-0.25, -0.2) is 9.97 Å². The maximum Gasteiger partial charge on any atom is 0.224 e. The van der Waals surface area contributed by atoms with Crippen LogP contribution in [0.3, 0.4) is 0 Å². The molecule has 0 radical (unpaired) electrons. The zero-order valence-electron chi connectivity index (χ0n) is 15.8. The van der Waals surface area contributed by atoms with Gasteiger partial charge in [0.25, 0.3) is 0 Å². The topological polar surface area (TPSA) is 76.1 Å². The minimum atomic E-state index is -0.0593. The SMILES string of the molecule is Cc1cc(Nc2ccc(NC(=O)CCCOc3ccc(Cl)cc3Br)cc2)ncn1. The molecular formula is C21H20BrClN4O2. The number of ether oxygens (including phenoxy) is 1. The summed E-state index contributed by atoms with van der Waals surface area (Å²) in [5.74, 6) is 1.37. The highest BCUT2D eigenvalue weighted by molar-refractivity contribution is 9.10. The quantitative estimate of drug-likeness (QED) is 0.406. The van der Waals surface area contributed by atoms with Crippen molar-refractivity contribution in [2.24, 2.45) is 0 Å². The minimum Gasteiger partial charge on any atom is -0.492 e. The summed E-state index contributed by atoms with van der Waals surface area (Å²) in [6.07, 6.45) is 2.49. The van der Waals surface area contributed by atoms with Crippen molar-refractivity contribution in [1.82, 2.24) is 9.97 Å². The number of aryl methyl sites for hydroxylation is 1. The first-order valence-electron chi connectivity index (χ1n) is 9.03. The molecular weight excluding hydrogens is 456 g/mol. The van der Waals surface area contributed by atoms with Crippen molar-refractivity contribution in [3.8, 4) is 5.75 Å². The molecule has 3 aromatic rings. The summed E-state index contributed by atoms with van der Waals surface area (Å²) in [6.45, 7) is 2.35. The van der Waals surface area contributed by atoms with E-state index in [1.807, 2.05) is 37.3 Å². The number of nitrogens with zero attached hydrogens (tertiary/aromatic N) is 2. The number of benzene rings is 2. The number of hydrogen-bond donors (Lipinski definition) is 2. The predicted molar refractivity (Wildman–Crippen MR) is 119 cm³/mol. The molecule has 0 atom stereocenters. The van der Waals surface area contributed by atoms with E-state index < -0.39 is 0 Å². The average Bonchev–Trinajstić information content (AvgIpc) is 2.68. The van der Waals surface area contributed by atoms with E-state index in [2.05, 4.69) is 36.5 Å². The van der Waals surface area contributed by atoms with Crippen LogP contribution in [0.25, 0.3) is 0 Å². The molecule has 6 nitrogen and oxygen atoms in total. The van der Waals surface area contributed by atoms with Gasteiger partial charge in [0.15, 0.2) is 0 Å². The van der Waals surface area contributed by atoms with Gasteiger partial charge in [-0.1, -0.05) is 11.6 Å². The molecule has 29 heavy (non-hydrogen) atoms. The van der Waals surface area contributed by atoms with Gasteiger partial charge in [0.1, 0.15) is 17.9 Å². The van der Waals surface area contributed by atoms with Gasteiger partial charge in [-0.3, -0.25) is 4.79 Å². The Morgan fingerprint density at radius 3 is 2.59 bits per heavy atom. The normalized spacial score (nSPS) is 10.4. The third-order valence-corrected chi connectivity index (χ3v) is 4.80. The van der Waals surface area contributed by atoms with E-state index in [0.717, 1.165) is 27.4 Å². The van der Waals surface area contributed by atoms with E-state index in [-0.39, 0.29) is 5.91 Å². The molecule has 1 heterocycles. The summed E-state index contributed by atoms with van der Waals surface area (Å²) in [4.78, 5) is 20.4. The van der Waals surface area contributed by atoms with Crippen LogP contribution in [0.2, 0.25) is 5.02 Å². The lowest BCUT2D eigenvalue weighted by Crippen LogP contribution is -2.12. The zero-order chi connectivity index (χ0) is 20.6. The van der Waals surface area contributed by atoms with E-state index in [0.29, 0.717) is 30.2 Å². The summed E-state index contributed by atoms with van der Waals surface area (Å²) in [6, 6.07) is 14.6. The van der Waals surface area contributed by atoms with Gasteiger partial charge in [-0.05, 0) is 71.7 Å². The summed E-state index contributed by atoms with van der Waals surface area (Å²) in [5, 5.41) is 6.72. The highest BCUT2D eigenvalue weighted by atomic mass is 79.9. The fourth-order valence-electron chi connectivity index (χ4n) is 2.54. The van der Waals surface area contributed by atoms with Gasteiger partial charge in [0.05, 0.1) is 11.1 Å². The van der Waals surface area contributed by atoms with Crippen molar-refractivity contribution in [2.75, 3.05) is 17.2 Å². The molecule has 0 bridgehead atoms. The monoisotopic (exact) mass is 474 g/mol. The lowest BCUT2D eigenvalue weighted by Gasteiger charge is -2.10. The van der Waals surface area contributed by atoms with Crippen LogP contribution < -0.4 is 15.4 Å². The van der Waals surface area contributed by atoms with E-state index in [4.69, 9.17) is 16.3 Å². The Hall–Kier alpha value is -2.64. The number of carbonyl (C=O) groups excluding carboxylic acids is 1. The van der Waals surface area contributed by atoms with Crippen LogP contribution in [-0.2, 0) is 4.79 Å². The summed E-state index contributed by atoms with van der Waals surface area (Å²) >= 11 is 9.31. The molecule has 2 N–H and O–H groups in total. The van der Waals surface area contributed by atoms with Crippen LogP contribution in [0.4, 0.5) is 17.2 Å². The standard InChI is InChI=1S/C21H20BrClN4O2/c1-14-11-20(25-13-24-14)26-16-5-7-17(8-6-16)27-21(28)3-2-10-29-19-9-4-15(23)12-18(19)22/h4-9,11-13H,2-3,10H2,1H3,(H,27,28)(H,24,25,26). The molecule has 0 aliphatic rings. The Balaban J connectivity index is 1.42. The van der Waals surface area contributed by atoms with Crippen molar-refractivity contribution < 1.29 is 9.53 Å². The third-order valence-electron chi connectivity index (χ3n) is 3.94. The highest BCUT2D eigenvalue weighted by Gasteiger charge is 2.05. The molecule has 3 rings (SSSR count). The fourth-order valence-corrected chi connectivity index (χ4v) is 3.34. The maximum atomic E-state index is 12.1. The minimum absolute atomic E-state index is 0.0593. The molecule has 0 aliphatic heterocycles. The number of amides is 1. The highest BCUT2D eigenvalue weighted by Crippen LogP contribution is 2.28. The number of anilines is 3. The Labute approximate surface area is 182 Å². The lowest BCUT2D eigenvalue weighted by atomic mass is 10.2. The molecule has 1 amide bonds. The van der Waals surface area contributed by atoms with E-state index >= 15 is 0 Å². The van der Waals surface area contributed by atoms with Crippen LogP contribution in [0.1, 0.15) is 18.5 Å². The largest absolute Gasteiger partial charge is 0.492 e. The second-order valence-corrected chi connectivity index (χ2v) is 7.61. The molecule has 0 spiro atoms. The van der Waals surface area contributed by atoms with Gasteiger partial charge in [0, 0.05) is 34.6 Å². The van der Waals surface area contributed by atoms with Crippen LogP contribution in [0.15, 0.2) is 59.3 Å². The molecule has 0 unspecified atom stereocenters. The van der Waals surface area contributed by atoms with Gasteiger partial charge in [0.2, 0.25) is 5.91 Å². The zero-order valence-corrected chi connectivity index (χ0v) is 18.1. The first kappa shape index (κ1) is 21.1. The van der Waals surface area contributed by atoms with Crippen molar-refractivity contribution in [2.45, 2.75) is 19.8 Å². The smallest absolute Gasteiger partial charge is 0.224 e. The fraction of sp³-hybridized carbons (Fsp3) is 0.190. The van der Waals surface area contributed by atoms with Crippen molar-refractivity contribution in [1.29, 1.82) is 0 Å². The van der Waals surface area contributed by atoms with Crippen molar-refractivity contribution >= 4 is 50.6 Å². The molecule has 1 aromatic heterocycles. The number of rotatable bonds is 8. The molecule has 0 saturated heterocycles. The average molecular weight is 476 g/mol. The maximum absolute atomic E-state index is 12.1. The predicted octanol–water partition coefficient (Wildman–Crippen LogP) is 5.74. The number of hydrogen-bond acceptors (Lipinski definition) is 5. The number of carbonyl (C=O) groups is 1. The van der Waals surface area contributed by atoms with Gasteiger partial charge in [-0.15, -0.1) is 0 Å². The Morgan fingerprint density at radius 2 is 1.86 bits per heavy atom. The summed E-state index contributed by atoms with van der Waals surface area (Å²) in [7, 11) is 0. The Bertz CT molecular complexity index is 983. The number of halogens is 2. The molecule has 2 aromatic carbocycles. The van der Waals surface area contributed by atoms with Crippen LogP contribution in [-0.4, -0.2) is 22.5 Å². The summed E-state index contributed by atoms with van der Waals surface area (Å²) < 4.78 is 6.46. The molecule has 150 valence electrons. The van der Waals surface area contributed by atoms with Crippen LogP contribution >= 0.6 is 27.5 Å². The molecule has 0 aliphatic carbocycles. The molecule has 0 fully saturated rings. The van der Waals surface area contributed by atoms with Gasteiger partial charge in [-0.2, -0.15) is 0 Å². The Morgan fingerprint density at radius 1 is 1.10 bits per heavy atom. The van der Waals surface area contributed by atoms with Crippen molar-refractivity contribution in [3.63, 3.8) is 0 Å². The van der Waals surface area contributed by atoms with E-state index in [1.54, 1.807) is 18.2 Å². The Kier molecular flexibility index (Phi) is 7.43. The van der Waals surface area contributed by atoms with Gasteiger partial charge < -0.3 is 15.4 Å². The second-order valence-electron chi connectivity index (χ2n) is 6.32. The summed E-state index contributed by atoms with van der Waals surface area (Å²) in [5.41, 5.74) is 2.50. The van der Waals surface area contributed by atoms with Crippen LogP contribution in [0, 0.1) is 6.92 Å². The van der Waals surface area contributed by atoms with E-state index in [1.165, 1.54) is 6.33 Å².